The van der Waals surface area contributed by atoms with Crippen molar-refractivity contribution in [1.29, 1.82) is 0 Å². The van der Waals surface area contributed by atoms with Gasteiger partial charge < -0.3 is 10.2 Å². The third-order valence-corrected chi connectivity index (χ3v) is 4.09. The maximum Gasteiger partial charge on any atom is 0.239 e. The van der Waals surface area contributed by atoms with Crippen LogP contribution >= 0.6 is 15.9 Å². The molecule has 1 aliphatic heterocycles. The van der Waals surface area contributed by atoms with E-state index in [1.165, 1.54) is 5.56 Å². The largest absolute Gasteiger partial charge is 0.355 e. The number of benzene rings is 1. The van der Waals surface area contributed by atoms with E-state index in [-0.39, 0.29) is 11.4 Å². The van der Waals surface area contributed by atoms with Gasteiger partial charge in [-0.1, -0.05) is 15.9 Å². The number of piperazine rings is 1. The summed E-state index contributed by atoms with van der Waals surface area (Å²) in [5.41, 5.74) is 2.24. The van der Waals surface area contributed by atoms with Crippen LogP contribution in [0.1, 0.15) is 19.4 Å². The predicted octanol–water partition coefficient (Wildman–Crippen LogP) is 2.47. The number of nitrogens with one attached hydrogen (secondary N) is 1. The first-order chi connectivity index (χ1) is 7.90. The minimum Gasteiger partial charge on any atom is -0.355 e. The molecule has 1 amide bonds. The van der Waals surface area contributed by atoms with Crippen LogP contribution in [0.3, 0.4) is 0 Å². The van der Waals surface area contributed by atoms with Crippen LogP contribution in [0.15, 0.2) is 22.7 Å². The standard InChI is InChI=1S/C13H17BrN2O/c1-9-6-10(4-5-11(9)14)16-7-12(17)15-8-13(16,2)3/h4-6H,7-8H2,1-3H3,(H,15,17). The fraction of sp³-hybridized carbons (Fsp3) is 0.462. The van der Waals surface area contributed by atoms with Crippen molar-refractivity contribution in [1.82, 2.24) is 5.32 Å². The van der Waals surface area contributed by atoms with E-state index >= 15 is 0 Å². The lowest BCUT2D eigenvalue weighted by molar-refractivity contribution is -0.121. The van der Waals surface area contributed by atoms with Crippen molar-refractivity contribution in [2.24, 2.45) is 0 Å². The highest BCUT2D eigenvalue weighted by Gasteiger charge is 2.33. The molecule has 1 aromatic carbocycles. The zero-order chi connectivity index (χ0) is 12.6. The third-order valence-electron chi connectivity index (χ3n) is 3.20. The summed E-state index contributed by atoms with van der Waals surface area (Å²) in [7, 11) is 0. The van der Waals surface area contributed by atoms with E-state index < -0.39 is 0 Å². The molecule has 17 heavy (non-hydrogen) atoms. The SMILES string of the molecule is Cc1cc(N2CC(=O)NCC2(C)C)ccc1Br. The Kier molecular flexibility index (Phi) is 3.17. The molecule has 1 saturated heterocycles. The zero-order valence-corrected chi connectivity index (χ0v) is 12.0. The lowest BCUT2D eigenvalue weighted by Crippen LogP contribution is -2.60. The molecule has 0 bridgehead atoms. The number of nitrogens with zero attached hydrogens (tertiary/aromatic N) is 1. The van der Waals surface area contributed by atoms with E-state index in [1.807, 2.05) is 6.07 Å². The summed E-state index contributed by atoms with van der Waals surface area (Å²) in [5.74, 6) is 0.0879. The Morgan fingerprint density at radius 3 is 2.76 bits per heavy atom. The second kappa shape index (κ2) is 4.33. The van der Waals surface area contributed by atoms with Gasteiger partial charge in [-0.3, -0.25) is 4.79 Å². The van der Waals surface area contributed by atoms with Gasteiger partial charge >= 0.3 is 0 Å². The van der Waals surface area contributed by atoms with Crippen LogP contribution in [-0.2, 0) is 4.79 Å². The van der Waals surface area contributed by atoms with Crippen molar-refractivity contribution in [2.45, 2.75) is 26.3 Å². The number of carbonyl (C=O) groups is 1. The van der Waals surface area contributed by atoms with Crippen molar-refractivity contribution in [3.8, 4) is 0 Å². The summed E-state index contributed by atoms with van der Waals surface area (Å²) in [5, 5.41) is 2.91. The number of amides is 1. The molecule has 1 N–H and O–H groups in total. The van der Waals surface area contributed by atoms with Gasteiger partial charge in [0.25, 0.3) is 0 Å². The Labute approximate surface area is 110 Å². The van der Waals surface area contributed by atoms with Gasteiger partial charge in [0, 0.05) is 16.7 Å². The number of hydrogen-bond acceptors (Lipinski definition) is 2. The van der Waals surface area contributed by atoms with Gasteiger partial charge in [0.15, 0.2) is 0 Å². The second-order valence-electron chi connectivity index (χ2n) is 5.11. The first-order valence-electron chi connectivity index (χ1n) is 5.71. The number of aryl methyl sites for hydroxylation is 1. The molecule has 0 aromatic heterocycles. The molecule has 1 heterocycles. The fourth-order valence-electron chi connectivity index (χ4n) is 2.06. The van der Waals surface area contributed by atoms with Crippen LogP contribution in [0, 0.1) is 6.92 Å². The van der Waals surface area contributed by atoms with Gasteiger partial charge in [-0.05, 0) is 44.5 Å². The summed E-state index contributed by atoms with van der Waals surface area (Å²) in [4.78, 5) is 13.7. The van der Waals surface area contributed by atoms with E-state index in [4.69, 9.17) is 0 Å². The molecule has 1 aromatic rings. The number of rotatable bonds is 1. The Bertz CT molecular complexity index is 457. The maximum absolute atomic E-state index is 11.5. The molecule has 0 atom stereocenters. The van der Waals surface area contributed by atoms with E-state index in [2.05, 4.69) is 59.1 Å². The number of anilines is 1. The smallest absolute Gasteiger partial charge is 0.239 e. The van der Waals surface area contributed by atoms with Gasteiger partial charge in [0.1, 0.15) is 0 Å². The minimum absolute atomic E-state index is 0.0474. The lowest BCUT2D eigenvalue weighted by atomic mass is 9.98. The van der Waals surface area contributed by atoms with Gasteiger partial charge in [-0.2, -0.15) is 0 Å². The van der Waals surface area contributed by atoms with Gasteiger partial charge in [-0.25, -0.2) is 0 Å². The second-order valence-corrected chi connectivity index (χ2v) is 5.96. The highest BCUT2D eigenvalue weighted by Crippen LogP contribution is 2.28. The minimum atomic E-state index is -0.0474. The van der Waals surface area contributed by atoms with E-state index in [1.54, 1.807) is 0 Å². The van der Waals surface area contributed by atoms with E-state index in [0.29, 0.717) is 13.1 Å². The summed E-state index contributed by atoms with van der Waals surface area (Å²) < 4.78 is 1.10. The van der Waals surface area contributed by atoms with Crippen LogP contribution in [-0.4, -0.2) is 24.5 Å². The number of halogens is 1. The zero-order valence-electron chi connectivity index (χ0n) is 10.4. The number of hydrogen-bond donors (Lipinski definition) is 1. The molecular formula is C13H17BrN2O. The van der Waals surface area contributed by atoms with Crippen molar-refractivity contribution in [3.63, 3.8) is 0 Å². The van der Waals surface area contributed by atoms with Crippen LogP contribution in [0.4, 0.5) is 5.69 Å². The summed E-state index contributed by atoms with van der Waals surface area (Å²) in [6.07, 6.45) is 0. The van der Waals surface area contributed by atoms with Gasteiger partial charge in [0.2, 0.25) is 5.91 Å². The Balaban J connectivity index is 2.36. The van der Waals surface area contributed by atoms with Crippen molar-refractivity contribution in [2.75, 3.05) is 18.0 Å². The normalized spacial score (nSPS) is 19.1. The van der Waals surface area contributed by atoms with E-state index in [0.717, 1.165) is 10.2 Å². The third kappa shape index (κ3) is 2.46. The molecule has 0 saturated carbocycles. The van der Waals surface area contributed by atoms with Crippen LogP contribution in [0.5, 0.6) is 0 Å². The molecule has 92 valence electrons. The first kappa shape index (κ1) is 12.4. The van der Waals surface area contributed by atoms with Crippen LogP contribution in [0.25, 0.3) is 0 Å². The van der Waals surface area contributed by atoms with Gasteiger partial charge in [0.05, 0.1) is 12.1 Å². The molecular weight excluding hydrogens is 280 g/mol. The molecule has 4 heteroatoms. The maximum atomic E-state index is 11.5. The Morgan fingerprint density at radius 2 is 2.12 bits per heavy atom. The average Bonchev–Trinajstić information content (AvgIpc) is 2.26. The molecule has 1 aliphatic rings. The molecule has 3 nitrogen and oxygen atoms in total. The molecule has 0 spiro atoms. The molecule has 0 unspecified atom stereocenters. The van der Waals surface area contributed by atoms with Gasteiger partial charge in [-0.15, -0.1) is 0 Å². The van der Waals surface area contributed by atoms with Crippen molar-refractivity contribution < 1.29 is 4.79 Å². The molecule has 0 radical (unpaired) electrons. The highest BCUT2D eigenvalue weighted by atomic mass is 79.9. The van der Waals surface area contributed by atoms with Crippen LogP contribution in [0.2, 0.25) is 0 Å². The Hall–Kier alpha value is -1.03. The fourth-order valence-corrected chi connectivity index (χ4v) is 2.31. The van der Waals surface area contributed by atoms with Crippen molar-refractivity contribution in [3.05, 3.63) is 28.2 Å². The quantitative estimate of drug-likeness (QED) is 0.863. The summed E-state index contributed by atoms with van der Waals surface area (Å²) in [6, 6.07) is 6.20. The van der Waals surface area contributed by atoms with E-state index in [9.17, 15) is 4.79 Å². The number of carbonyl (C=O) groups excluding carboxylic acids is 1. The lowest BCUT2D eigenvalue weighted by Gasteiger charge is -2.43. The average molecular weight is 297 g/mol. The summed E-state index contributed by atoms with van der Waals surface area (Å²) >= 11 is 3.50. The molecule has 0 aliphatic carbocycles. The predicted molar refractivity (Wildman–Crippen MR) is 73.3 cm³/mol. The van der Waals surface area contributed by atoms with Crippen LogP contribution < -0.4 is 10.2 Å². The monoisotopic (exact) mass is 296 g/mol. The topological polar surface area (TPSA) is 32.3 Å². The highest BCUT2D eigenvalue weighted by molar-refractivity contribution is 9.10. The molecule has 2 rings (SSSR count). The summed E-state index contributed by atoms with van der Waals surface area (Å²) in [6.45, 7) is 7.45. The van der Waals surface area contributed by atoms with Crippen molar-refractivity contribution >= 4 is 27.5 Å². The Morgan fingerprint density at radius 1 is 1.41 bits per heavy atom. The molecule has 1 fully saturated rings. The first-order valence-corrected chi connectivity index (χ1v) is 6.50.